The van der Waals surface area contributed by atoms with E-state index >= 15 is 0 Å². The molecule has 0 aromatic rings. The average molecular weight is 349 g/mol. The van der Waals surface area contributed by atoms with E-state index < -0.39 is 0 Å². The van der Waals surface area contributed by atoms with Gasteiger partial charge < -0.3 is 9.47 Å². The number of hydrogen-bond acceptors (Lipinski definition) is 5. The second-order valence-electron chi connectivity index (χ2n) is 7.65. The predicted octanol–water partition coefficient (Wildman–Crippen LogP) is 1.93. The minimum Gasteiger partial charge on any atom is -0.463 e. The molecule has 2 amide bonds. The van der Waals surface area contributed by atoms with Crippen LogP contribution in [0.3, 0.4) is 0 Å². The van der Waals surface area contributed by atoms with E-state index in [1.807, 2.05) is 39.8 Å². The maximum absolute atomic E-state index is 12.5. The number of likely N-dealkylation sites (tertiary alicyclic amines) is 1. The molecule has 2 aliphatic carbocycles. The van der Waals surface area contributed by atoms with Gasteiger partial charge >= 0.3 is 5.97 Å². The smallest absolute Gasteiger partial charge is 0.302 e. The highest BCUT2D eigenvalue weighted by Crippen LogP contribution is 2.64. The summed E-state index contributed by atoms with van der Waals surface area (Å²) < 4.78 is 10.2. The molecule has 2 saturated heterocycles. The summed E-state index contributed by atoms with van der Waals surface area (Å²) in [6.45, 7) is 8.87. The quantitative estimate of drug-likeness (QED) is 0.337. The molecular weight excluding hydrogens is 322 g/mol. The summed E-state index contributed by atoms with van der Waals surface area (Å²) >= 11 is 0. The second kappa shape index (κ2) is 6.56. The maximum Gasteiger partial charge on any atom is 0.302 e. The number of hydrogen-bond donors (Lipinski definition) is 0. The van der Waals surface area contributed by atoms with Crippen molar-refractivity contribution in [2.24, 2.45) is 23.7 Å². The Bertz CT molecular complexity index is 581. The van der Waals surface area contributed by atoms with Crippen LogP contribution >= 0.6 is 0 Å². The summed E-state index contributed by atoms with van der Waals surface area (Å²) in [4.78, 5) is 36.5. The van der Waals surface area contributed by atoms with Crippen LogP contribution in [-0.4, -0.2) is 47.0 Å². The van der Waals surface area contributed by atoms with Gasteiger partial charge in [0.25, 0.3) is 0 Å². The van der Waals surface area contributed by atoms with Crippen molar-refractivity contribution in [2.45, 2.75) is 65.4 Å². The molecule has 138 valence electrons. The van der Waals surface area contributed by atoms with Gasteiger partial charge in [0.05, 0.1) is 36.2 Å². The average Bonchev–Trinajstić information content (AvgIpc) is 3.00. The zero-order chi connectivity index (χ0) is 18.5. The first kappa shape index (κ1) is 18.1. The molecule has 7 unspecified atom stereocenters. The number of epoxide rings is 1. The summed E-state index contributed by atoms with van der Waals surface area (Å²) in [5.41, 5.74) is 0. The van der Waals surface area contributed by atoms with Crippen LogP contribution in [0.15, 0.2) is 12.2 Å². The molecule has 2 bridgehead atoms. The van der Waals surface area contributed by atoms with Crippen molar-refractivity contribution in [3.05, 3.63) is 12.2 Å². The van der Waals surface area contributed by atoms with Gasteiger partial charge in [0, 0.05) is 18.8 Å². The normalized spacial score (nSPS) is 38.6. The fraction of sp³-hybridized carbons (Fsp3) is 0.737. The number of nitrogens with zero attached hydrogens (tertiary/aromatic N) is 1. The summed E-state index contributed by atoms with van der Waals surface area (Å²) in [5, 5.41) is 0. The van der Waals surface area contributed by atoms with Crippen LogP contribution in [-0.2, 0) is 23.9 Å². The third kappa shape index (κ3) is 3.01. The van der Waals surface area contributed by atoms with E-state index in [-0.39, 0.29) is 54.0 Å². The van der Waals surface area contributed by atoms with Gasteiger partial charge in [0.1, 0.15) is 0 Å². The minimum atomic E-state index is -0.213. The number of ether oxygens (including phenoxy) is 2. The molecule has 4 aliphatic rings. The molecule has 7 atom stereocenters. The summed E-state index contributed by atoms with van der Waals surface area (Å²) in [6, 6.07) is -0.114. The Kier molecular flexibility index (Phi) is 4.75. The first-order valence-electron chi connectivity index (χ1n) is 9.10. The SMILES string of the molecule is C/C=C\C(C)N1C(=O)C2C3CC(C4OC34)C2C1=O.CC(=O)OC(C)C. The van der Waals surface area contributed by atoms with E-state index in [2.05, 4.69) is 4.74 Å². The molecule has 2 aliphatic heterocycles. The summed E-state index contributed by atoms with van der Waals surface area (Å²) in [6.07, 6.45) is 5.42. The van der Waals surface area contributed by atoms with Gasteiger partial charge in [0.15, 0.2) is 0 Å². The van der Waals surface area contributed by atoms with Gasteiger partial charge in [-0.05, 0) is 34.1 Å². The summed E-state index contributed by atoms with van der Waals surface area (Å²) in [5.74, 6) is 0.315. The van der Waals surface area contributed by atoms with Crippen LogP contribution in [0.25, 0.3) is 0 Å². The molecule has 0 N–H and O–H groups in total. The van der Waals surface area contributed by atoms with Crippen LogP contribution in [0.1, 0.15) is 41.0 Å². The van der Waals surface area contributed by atoms with Crippen molar-refractivity contribution < 1.29 is 23.9 Å². The predicted molar refractivity (Wildman–Crippen MR) is 90.3 cm³/mol. The Balaban J connectivity index is 0.000000225. The summed E-state index contributed by atoms with van der Waals surface area (Å²) in [7, 11) is 0. The Hall–Kier alpha value is -1.69. The van der Waals surface area contributed by atoms with Crippen molar-refractivity contribution >= 4 is 17.8 Å². The lowest BCUT2D eigenvalue weighted by Crippen LogP contribution is -2.39. The van der Waals surface area contributed by atoms with E-state index in [1.165, 1.54) is 11.8 Å². The van der Waals surface area contributed by atoms with Gasteiger partial charge in [-0.2, -0.15) is 0 Å². The van der Waals surface area contributed by atoms with Crippen LogP contribution in [0.4, 0.5) is 0 Å². The lowest BCUT2D eigenvalue weighted by molar-refractivity contribution is -0.145. The highest BCUT2D eigenvalue weighted by Gasteiger charge is 2.73. The van der Waals surface area contributed by atoms with Crippen molar-refractivity contribution in [3.63, 3.8) is 0 Å². The minimum absolute atomic E-state index is 0.0255. The number of carbonyl (C=O) groups is 3. The van der Waals surface area contributed by atoms with Crippen LogP contribution in [0, 0.1) is 23.7 Å². The Morgan fingerprint density at radius 1 is 1.16 bits per heavy atom. The van der Waals surface area contributed by atoms with Gasteiger partial charge in [-0.1, -0.05) is 12.2 Å². The van der Waals surface area contributed by atoms with Crippen LogP contribution < -0.4 is 0 Å². The molecule has 0 radical (unpaired) electrons. The monoisotopic (exact) mass is 349 g/mol. The molecule has 4 fully saturated rings. The molecule has 6 heteroatoms. The molecule has 2 saturated carbocycles. The molecule has 0 aromatic carbocycles. The zero-order valence-electron chi connectivity index (χ0n) is 15.5. The number of amides is 2. The van der Waals surface area contributed by atoms with Gasteiger partial charge in [0.2, 0.25) is 11.8 Å². The number of carbonyl (C=O) groups excluding carboxylic acids is 3. The molecule has 25 heavy (non-hydrogen) atoms. The number of esters is 1. The number of allylic oxidation sites excluding steroid dienone is 1. The topological polar surface area (TPSA) is 76.2 Å². The number of rotatable bonds is 3. The lowest BCUT2D eigenvalue weighted by atomic mass is 9.81. The van der Waals surface area contributed by atoms with Crippen molar-refractivity contribution in [1.82, 2.24) is 4.90 Å². The fourth-order valence-corrected chi connectivity index (χ4v) is 4.84. The third-order valence-electron chi connectivity index (χ3n) is 5.58. The first-order chi connectivity index (χ1) is 11.8. The highest BCUT2D eigenvalue weighted by atomic mass is 16.6. The molecule has 0 aromatic heterocycles. The zero-order valence-corrected chi connectivity index (χ0v) is 15.5. The largest absolute Gasteiger partial charge is 0.463 e. The van der Waals surface area contributed by atoms with Crippen molar-refractivity contribution in [1.29, 1.82) is 0 Å². The lowest BCUT2D eigenvalue weighted by Gasteiger charge is -2.22. The third-order valence-corrected chi connectivity index (χ3v) is 5.58. The molecule has 2 heterocycles. The van der Waals surface area contributed by atoms with E-state index in [1.54, 1.807) is 0 Å². The Morgan fingerprint density at radius 2 is 1.68 bits per heavy atom. The fourth-order valence-electron chi connectivity index (χ4n) is 4.84. The Morgan fingerprint density at radius 3 is 2.04 bits per heavy atom. The van der Waals surface area contributed by atoms with Crippen LogP contribution in [0.2, 0.25) is 0 Å². The number of fused-ring (bicyclic) bond motifs is 8. The number of imide groups is 1. The highest BCUT2D eigenvalue weighted by molar-refractivity contribution is 6.06. The van der Waals surface area contributed by atoms with Crippen LogP contribution in [0.5, 0.6) is 0 Å². The molecule has 6 nitrogen and oxygen atoms in total. The Labute approximate surface area is 148 Å². The van der Waals surface area contributed by atoms with E-state index in [0.717, 1.165) is 6.42 Å². The standard InChI is InChI=1S/C14H17NO3.C5H10O2/c1-3-4-6(2)15-13(16)9-7-5-8(10(9)14(15)17)12-11(7)18-12;1-4(2)7-5(3)6/h3-4,6-12H,5H2,1-2H3;4H,1-3H3/b4-3-;. The first-order valence-corrected chi connectivity index (χ1v) is 9.10. The molecular formula is C19H27NO5. The van der Waals surface area contributed by atoms with Gasteiger partial charge in [-0.15, -0.1) is 0 Å². The van der Waals surface area contributed by atoms with Crippen molar-refractivity contribution in [2.75, 3.05) is 0 Å². The van der Waals surface area contributed by atoms with Crippen molar-refractivity contribution in [3.8, 4) is 0 Å². The second-order valence-corrected chi connectivity index (χ2v) is 7.65. The van der Waals surface area contributed by atoms with E-state index in [0.29, 0.717) is 11.8 Å². The van der Waals surface area contributed by atoms with Gasteiger partial charge in [-0.25, -0.2) is 0 Å². The maximum atomic E-state index is 12.5. The molecule has 4 rings (SSSR count). The van der Waals surface area contributed by atoms with E-state index in [4.69, 9.17) is 4.74 Å². The molecule has 0 spiro atoms. The van der Waals surface area contributed by atoms with E-state index in [9.17, 15) is 14.4 Å². The van der Waals surface area contributed by atoms with Gasteiger partial charge in [-0.3, -0.25) is 19.3 Å².